The molecular weight excluding hydrogens is 476 g/mol. The lowest BCUT2D eigenvalue weighted by Crippen LogP contribution is -2.34. The van der Waals surface area contributed by atoms with Crippen molar-refractivity contribution in [1.29, 1.82) is 0 Å². The molecule has 0 unspecified atom stereocenters. The summed E-state index contributed by atoms with van der Waals surface area (Å²) in [6.07, 6.45) is 0. The van der Waals surface area contributed by atoms with Crippen molar-refractivity contribution < 1.29 is 18.7 Å². The molecule has 0 aliphatic heterocycles. The van der Waals surface area contributed by atoms with Gasteiger partial charge in [-0.2, -0.15) is 0 Å². The maximum Gasteiger partial charge on any atom is 0.344 e. The largest absolute Gasteiger partial charge is 0.496 e. The van der Waals surface area contributed by atoms with Crippen molar-refractivity contribution in [2.75, 3.05) is 19.5 Å². The first-order chi connectivity index (χ1) is 16.4. The Bertz CT molecular complexity index is 1450. The van der Waals surface area contributed by atoms with Crippen LogP contribution >= 0.6 is 23.8 Å². The second-order valence-corrected chi connectivity index (χ2v) is 7.94. The molecule has 9 heteroatoms. The Hall–Kier alpha value is -3.88. The van der Waals surface area contributed by atoms with E-state index in [0.717, 1.165) is 5.39 Å². The highest BCUT2D eigenvalue weighted by Crippen LogP contribution is 2.31. The van der Waals surface area contributed by atoms with E-state index in [9.17, 15) is 9.59 Å². The van der Waals surface area contributed by atoms with Gasteiger partial charge in [0, 0.05) is 16.6 Å². The second-order valence-electron chi connectivity index (χ2n) is 7.13. The topological polar surface area (TPSA) is 89.8 Å². The summed E-state index contributed by atoms with van der Waals surface area (Å²) in [6, 6.07) is 19.0. The normalized spacial score (nSPS) is 10.6. The van der Waals surface area contributed by atoms with Crippen molar-refractivity contribution in [3.05, 3.63) is 87.7 Å². The molecule has 172 valence electrons. The lowest BCUT2D eigenvalue weighted by Gasteiger charge is -2.14. The van der Waals surface area contributed by atoms with E-state index in [1.54, 1.807) is 54.6 Å². The zero-order chi connectivity index (χ0) is 24.2. The fourth-order valence-electron chi connectivity index (χ4n) is 3.46. The molecular formula is C25H19ClN2O5S. The van der Waals surface area contributed by atoms with Crippen molar-refractivity contribution >= 4 is 51.5 Å². The van der Waals surface area contributed by atoms with E-state index in [0.29, 0.717) is 38.9 Å². The molecule has 3 aromatic carbocycles. The molecule has 34 heavy (non-hydrogen) atoms. The molecule has 4 aromatic rings. The van der Waals surface area contributed by atoms with Crippen molar-refractivity contribution in [3.63, 3.8) is 0 Å². The monoisotopic (exact) mass is 494 g/mol. The quantitative estimate of drug-likeness (QED) is 0.289. The van der Waals surface area contributed by atoms with Crippen molar-refractivity contribution in [1.82, 2.24) is 5.32 Å². The Balaban J connectivity index is 1.54. The molecule has 0 bridgehead atoms. The van der Waals surface area contributed by atoms with Crippen LogP contribution in [0.2, 0.25) is 5.02 Å². The third-order valence-corrected chi connectivity index (χ3v) is 5.56. The van der Waals surface area contributed by atoms with Gasteiger partial charge in [0.05, 0.1) is 24.8 Å². The third kappa shape index (κ3) is 4.73. The molecule has 4 rings (SSSR count). The molecule has 1 amide bonds. The number of nitrogens with one attached hydrogen (secondary N) is 2. The molecule has 0 spiro atoms. The van der Waals surface area contributed by atoms with Gasteiger partial charge in [0.2, 0.25) is 0 Å². The lowest BCUT2D eigenvalue weighted by molar-refractivity contribution is 0.0971. The van der Waals surface area contributed by atoms with Crippen molar-refractivity contribution in [2.24, 2.45) is 0 Å². The fourth-order valence-corrected chi connectivity index (χ4v) is 3.96. The predicted molar refractivity (Wildman–Crippen MR) is 136 cm³/mol. The number of rotatable bonds is 5. The standard InChI is InChI=1S/C25H19ClN2O5S/c1-31-20-8-5-9-21(32-2)22(20)23(29)28-25(34)27-15-10-11-16(18(26)13-15)17-12-14-6-3-4-7-19(14)33-24(17)30/h3-13H,1-2H3,(H2,27,28,29,34). The molecule has 0 aliphatic rings. The Morgan fingerprint density at radius 2 is 1.65 bits per heavy atom. The highest BCUT2D eigenvalue weighted by molar-refractivity contribution is 7.80. The first-order valence-corrected chi connectivity index (χ1v) is 10.9. The van der Waals surface area contributed by atoms with Crippen LogP contribution in [0.25, 0.3) is 22.1 Å². The number of benzene rings is 3. The van der Waals surface area contributed by atoms with Gasteiger partial charge < -0.3 is 19.2 Å². The van der Waals surface area contributed by atoms with Crippen LogP contribution in [-0.4, -0.2) is 25.2 Å². The summed E-state index contributed by atoms with van der Waals surface area (Å²) in [6.45, 7) is 0. The SMILES string of the molecule is COc1cccc(OC)c1C(=O)NC(=S)Nc1ccc(-c2cc3ccccc3oc2=O)c(Cl)c1. The summed E-state index contributed by atoms with van der Waals surface area (Å²) < 4.78 is 15.9. The summed E-state index contributed by atoms with van der Waals surface area (Å²) in [4.78, 5) is 25.3. The fraction of sp³-hybridized carbons (Fsp3) is 0.0800. The molecule has 1 heterocycles. The van der Waals surface area contributed by atoms with Gasteiger partial charge in [-0.25, -0.2) is 4.79 Å². The highest BCUT2D eigenvalue weighted by Gasteiger charge is 2.19. The van der Waals surface area contributed by atoms with Gasteiger partial charge >= 0.3 is 5.63 Å². The number of halogens is 1. The molecule has 0 atom stereocenters. The Labute approximate surface area is 205 Å². The van der Waals surface area contributed by atoms with Crippen LogP contribution in [0.1, 0.15) is 10.4 Å². The second kappa shape index (κ2) is 9.94. The first kappa shape index (κ1) is 23.3. The zero-order valence-corrected chi connectivity index (χ0v) is 19.8. The Morgan fingerprint density at radius 1 is 0.941 bits per heavy atom. The number of thiocarbonyl (C=S) groups is 1. The molecule has 0 saturated carbocycles. The molecule has 2 N–H and O–H groups in total. The summed E-state index contributed by atoms with van der Waals surface area (Å²) in [5, 5.41) is 6.66. The maximum atomic E-state index is 12.8. The molecule has 7 nitrogen and oxygen atoms in total. The molecule has 0 fully saturated rings. The van der Waals surface area contributed by atoms with Gasteiger partial charge in [-0.15, -0.1) is 0 Å². The van der Waals surface area contributed by atoms with E-state index in [2.05, 4.69) is 10.6 Å². The minimum atomic E-state index is -0.497. The summed E-state index contributed by atoms with van der Waals surface area (Å²) >= 11 is 11.7. The minimum absolute atomic E-state index is 0.0481. The maximum absolute atomic E-state index is 12.8. The summed E-state index contributed by atoms with van der Waals surface area (Å²) in [5.41, 5.74) is 1.60. The number of hydrogen-bond donors (Lipinski definition) is 2. The van der Waals surface area contributed by atoms with E-state index in [-0.39, 0.29) is 10.7 Å². The molecule has 0 saturated heterocycles. The summed E-state index contributed by atoms with van der Waals surface area (Å²) in [7, 11) is 2.92. The van der Waals surface area contributed by atoms with Crippen molar-refractivity contribution in [3.8, 4) is 22.6 Å². The lowest BCUT2D eigenvalue weighted by atomic mass is 10.1. The van der Waals surface area contributed by atoms with E-state index in [1.165, 1.54) is 14.2 Å². The van der Waals surface area contributed by atoms with Gasteiger partial charge in [0.15, 0.2) is 5.11 Å². The number of anilines is 1. The van der Waals surface area contributed by atoms with E-state index < -0.39 is 11.5 Å². The van der Waals surface area contributed by atoms with E-state index in [1.807, 2.05) is 12.1 Å². The van der Waals surface area contributed by atoms with Crippen LogP contribution < -0.4 is 25.7 Å². The molecule has 0 aliphatic carbocycles. The number of carbonyl (C=O) groups is 1. The number of hydrogen-bond acceptors (Lipinski definition) is 6. The van der Waals surface area contributed by atoms with Gasteiger partial charge in [-0.3, -0.25) is 10.1 Å². The summed E-state index contributed by atoms with van der Waals surface area (Å²) in [5.74, 6) is 0.200. The predicted octanol–water partition coefficient (Wildman–Crippen LogP) is 5.26. The average Bonchev–Trinajstić information content (AvgIpc) is 2.83. The van der Waals surface area contributed by atoms with Crippen LogP contribution in [0.3, 0.4) is 0 Å². The smallest absolute Gasteiger partial charge is 0.344 e. The number of para-hydroxylation sites is 1. The number of methoxy groups -OCH3 is 2. The number of ether oxygens (including phenoxy) is 2. The number of fused-ring (bicyclic) bond motifs is 1. The molecule has 0 radical (unpaired) electrons. The third-order valence-electron chi connectivity index (χ3n) is 5.04. The zero-order valence-electron chi connectivity index (χ0n) is 18.2. The minimum Gasteiger partial charge on any atom is -0.496 e. The van der Waals surface area contributed by atoms with E-state index in [4.69, 9.17) is 37.7 Å². The van der Waals surface area contributed by atoms with Crippen LogP contribution in [0, 0.1) is 0 Å². The van der Waals surface area contributed by atoms with Gasteiger partial charge in [-0.05, 0) is 48.6 Å². The van der Waals surface area contributed by atoms with Gasteiger partial charge in [0.25, 0.3) is 5.91 Å². The Morgan fingerprint density at radius 3 is 2.32 bits per heavy atom. The van der Waals surface area contributed by atoms with Crippen LogP contribution in [-0.2, 0) is 0 Å². The first-order valence-electron chi connectivity index (χ1n) is 10.1. The van der Waals surface area contributed by atoms with Crippen LogP contribution in [0.5, 0.6) is 11.5 Å². The van der Waals surface area contributed by atoms with Crippen LogP contribution in [0.15, 0.2) is 75.9 Å². The highest BCUT2D eigenvalue weighted by atomic mass is 35.5. The number of carbonyl (C=O) groups excluding carboxylic acids is 1. The number of amides is 1. The Kier molecular flexibility index (Phi) is 6.81. The average molecular weight is 495 g/mol. The van der Waals surface area contributed by atoms with E-state index >= 15 is 0 Å². The van der Waals surface area contributed by atoms with Gasteiger partial charge in [0.1, 0.15) is 22.6 Å². The molecule has 1 aromatic heterocycles. The van der Waals surface area contributed by atoms with Crippen molar-refractivity contribution in [2.45, 2.75) is 0 Å². The van der Waals surface area contributed by atoms with Gasteiger partial charge in [-0.1, -0.05) is 41.9 Å². The van der Waals surface area contributed by atoms with Crippen LogP contribution in [0.4, 0.5) is 5.69 Å².